The molecule has 0 heterocycles. The van der Waals surface area contributed by atoms with Crippen LogP contribution in [0.2, 0.25) is 0 Å². The fourth-order valence-corrected chi connectivity index (χ4v) is 2.83. The van der Waals surface area contributed by atoms with Crippen LogP contribution in [-0.2, 0) is 9.53 Å². The van der Waals surface area contributed by atoms with Gasteiger partial charge in [0.25, 0.3) is 0 Å². The van der Waals surface area contributed by atoms with Crippen LogP contribution in [0.25, 0.3) is 0 Å². The number of allylic oxidation sites excluding steroid dienone is 1. The minimum Gasteiger partial charge on any atom is -0.458 e. The first-order valence-electron chi connectivity index (χ1n) is 7.69. The van der Waals surface area contributed by atoms with Crippen LogP contribution in [0.3, 0.4) is 0 Å². The molecule has 0 bridgehead atoms. The average molecular weight is 266 g/mol. The Balaban J connectivity index is 2.92. The summed E-state index contributed by atoms with van der Waals surface area (Å²) in [6.07, 6.45) is 7.25. The van der Waals surface area contributed by atoms with E-state index in [0.717, 1.165) is 25.7 Å². The van der Waals surface area contributed by atoms with Crippen LogP contribution in [0.4, 0.5) is 0 Å². The van der Waals surface area contributed by atoms with E-state index in [1.165, 1.54) is 12.0 Å². The quantitative estimate of drug-likeness (QED) is 0.506. The summed E-state index contributed by atoms with van der Waals surface area (Å²) in [6.45, 7) is 12.5. The minimum atomic E-state index is -0.495. The van der Waals surface area contributed by atoms with Crippen LogP contribution in [0, 0.1) is 11.3 Å². The van der Waals surface area contributed by atoms with Crippen LogP contribution in [0.1, 0.15) is 73.6 Å². The molecule has 0 aromatic rings. The monoisotopic (exact) mass is 266 g/mol. The summed E-state index contributed by atoms with van der Waals surface area (Å²) < 4.78 is 5.93. The Morgan fingerprint density at radius 3 is 2.26 bits per heavy atom. The molecule has 1 fully saturated rings. The van der Waals surface area contributed by atoms with Gasteiger partial charge in [0.05, 0.1) is 5.41 Å². The molecule has 2 unspecified atom stereocenters. The normalized spacial score (nSPS) is 21.8. The molecule has 1 aliphatic rings. The van der Waals surface area contributed by atoms with Crippen molar-refractivity contribution < 1.29 is 9.53 Å². The highest BCUT2D eigenvalue weighted by Crippen LogP contribution is 2.42. The fraction of sp³-hybridized carbons (Fsp3) is 0.824. The maximum Gasteiger partial charge on any atom is 0.316 e. The Kier molecular flexibility index (Phi) is 5.23. The molecule has 0 saturated heterocycles. The zero-order valence-corrected chi connectivity index (χ0v) is 13.5. The van der Waals surface area contributed by atoms with E-state index in [4.69, 9.17) is 4.74 Å². The van der Waals surface area contributed by atoms with Gasteiger partial charge in [-0.2, -0.15) is 0 Å². The van der Waals surface area contributed by atoms with Gasteiger partial charge in [-0.05, 0) is 52.4 Å². The van der Waals surface area contributed by atoms with E-state index < -0.39 is 5.41 Å². The number of carbonyl (C=O) groups excluding carboxylic acids is 1. The van der Waals surface area contributed by atoms with Crippen molar-refractivity contribution in [2.75, 3.05) is 0 Å². The largest absolute Gasteiger partial charge is 0.458 e. The van der Waals surface area contributed by atoms with Crippen molar-refractivity contribution in [1.29, 1.82) is 0 Å². The predicted octanol–water partition coefficient (Wildman–Crippen LogP) is 4.88. The highest BCUT2D eigenvalue weighted by molar-refractivity contribution is 5.79. The number of rotatable bonds is 6. The van der Waals surface area contributed by atoms with Gasteiger partial charge in [-0.3, -0.25) is 4.79 Å². The molecule has 2 atom stereocenters. The molecule has 0 spiro atoms. The summed E-state index contributed by atoms with van der Waals surface area (Å²) in [5.74, 6) is 0.258. The SMILES string of the molecule is CCC(C)C(C)(C=C(C)C)C(=O)OC1(CC)CCC1. The minimum absolute atomic E-state index is 0.0374. The van der Waals surface area contributed by atoms with Crippen LogP contribution in [0.5, 0.6) is 0 Å². The molecule has 0 aromatic heterocycles. The zero-order chi connectivity index (χ0) is 14.7. The summed E-state index contributed by atoms with van der Waals surface area (Å²) in [7, 11) is 0. The standard InChI is InChI=1S/C17H30O2/c1-7-14(5)16(6,12-13(3)4)15(18)19-17(8-2)10-9-11-17/h12,14H,7-11H2,1-6H3. The lowest BCUT2D eigenvalue weighted by Crippen LogP contribution is -2.46. The van der Waals surface area contributed by atoms with E-state index >= 15 is 0 Å². The third kappa shape index (κ3) is 3.40. The number of esters is 1. The maximum atomic E-state index is 12.7. The smallest absolute Gasteiger partial charge is 0.316 e. The summed E-state index contributed by atoms with van der Waals surface area (Å²) in [5.41, 5.74) is 0.519. The maximum absolute atomic E-state index is 12.7. The molecule has 2 nitrogen and oxygen atoms in total. The molecular weight excluding hydrogens is 236 g/mol. The van der Waals surface area contributed by atoms with Crippen LogP contribution in [0.15, 0.2) is 11.6 Å². The van der Waals surface area contributed by atoms with Crippen LogP contribution >= 0.6 is 0 Å². The molecule has 1 saturated carbocycles. The lowest BCUT2D eigenvalue weighted by molar-refractivity contribution is -0.181. The third-order valence-corrected chi connectivity index (χ3v) is 4.88. The molecule has 110 valence electrons. The molecule has 0 amide bonds. The van der Waals surface area contributed by atoms with Gasteiger partial charge in [0, 0.05) is 0 Å². The summed E-state index contributed by atoms with van der Waals surface area (Å²) in [4.78, 5) is 12.7. The lowest BCUT2D eigenvalue weighted by Gasteiger charge is -2.43. The first-order valence-corrected chi connectivity index (χ1v) is 7.69. The number of carbonyl (C=O) groups is 1. The van der Waals surface area contributed by atoms with Gasteiger partial charge in [0.15, 0.2) is 0 Å². The van der Waals surface area contributed by atoms with Gasteiger partial charge in [-0.1, -0.05) is 38.8 Å². The van der Waals surface area contributed by atoms with Gasteiger partial charge < -0.3 is 4.74 Å². The molecular formula is C17H30O2. The molecule has 0 aromatic carbocycles. The van der Waals surface area contributed by atoms with E-state index in [1.54, 1.807) is 0 Å². The number of ether oxygens (including phenoxy) is 1. The second kappa shape index (κ2) is 6.11. The molecule has 0 N–H and O–H groups in total. The second-order valence-corrected chi connectivity index (χ2v) is 6.59. The number of hydrogen-bond acceptors (Lipinski definition) is 2. The highest BCUT2D eigenvalue weighted by atomic mass is 16.6. The van der Waals surface area contributed by atoms with Gasteiger partial charge in [-0.25, -0.2) is 0 Å². The molecule has 2 heteroatoms. The molecule has 0 radical (unpaired) electrons. The van der Waals surface area contributed by atoms with E-state index in [-0.39, 0.29) is 11.6 Å². The van der Waals surface area contributed by atoms with Crippen molar-refractivity contribution in [2.24, 2.45) is 11.3 Å². The third-order valence-electron chi connectivity index (χ3n) is 4.88. The van der Waals surface area contributed by atoms with E-state index in [1.807, 2.05) is 20.8 Å². The van der Waals surface area contributed by atoms with E-state index in [9.17, 15) is 4.79 Å². The van der Waals surface area contributed by atoms with Gasteiger partial charge >= 0.3 is 5.97 Å². The summed E-state index contributed by atoms with van der Waals surface area (Å²) in [6, 6.07) is 0. The van der Waals surface area contributed by atoms with Crippen LogP contribution in [-0.4, -0.2) is 11.6 Å². The number of hydrogen-bond donors (Lipinski definition) is 0. The molecule has 1 rings (SSSR count). The Morgan fingerprint density at radius 2 is 1.95 bits per heavy atom. The van der Waals surface area contributed by atoms with E-state index in [0.29, 0.717) is 5.92 Å². The second-order valence-electron chi connectivity index (χ2n) is 6.59. The molecule has 19 heavy (non-hydrogen) atoms. The summed E-state index contributed by atoms with van der Waals surface area (Å²) in [5, 5.41) is 0. The molecule has 1 aliphatic carbocycles. The van der Waals surface area contributed by atoms with Gasteiger partial charge in [0.2, 0.25) is 0 Å². The highest BCUT2D eigenvalue weighted by Gasteiger charge is 2.45. The van der Waals surface area contributed by atoms with Crippen molar-refractivity contribution in [2.45, 2.75) is 79.2 Å². The first-order chi connectivity index (χ1) is 8.79. The van der Waals surface area contributed by atoms with Crippen molar-refractivity contribution >= 4 is 5.97 Å². The van der Waals surface area contributed by atoms with Crippen molar-refractivity contribution in [3.05, 3.63) is 11.6 Å². The Bertz CT molecular complexity index is 343. The van der Waals surface area contributed by atoms with Gasteiger partial charge in [-0.15, -0.1) is 0 Å². The van der Waals surface area contributed by atoms with E-state index in [2.05, 4.69) is 26.8 Å². The average Bonchev–Trinajstić information content (AvgIpc) is 2.31. The Labute approximate surface area is 118 Å². The van der Waals surface area contributed by atoms with Gasteiger partial charge in [0.1, 0.15) is 5.60 Å². The first kappa shape index (κ1) is 16.3. The topological polar surface area (TPSA) is 26.3 Å². The Hall–Kier alpha value is -0.790. The zero-order valence-electron chi connectivity index (χ0n) is 13.5. The predicted molar refractivity (Wildman–Crippen MR) is 80.0 cm³/mol. The summed E-state index contributed by atoms with van der Waals surface area (Å²) >= 11 is 0. The van der Waals surface area contributed by atoms with Crippen molar-refractivity contribution in [3.63, 3.8) is 0 Å². The Morgan fingerprint density at radius 1 is 1.37 bits per heavy atom. The van der Waals surface area contributed by atoms with Crippen molar-refractivity contribution in [1.82, 2.24) is 0 Å². The fourth-order valence-electron chi connectivity index (χ4n) is 2.83. The van der Waals surface area contributed by atoms with Crippen molar-refractivity contribution in [3.8, 4) is 0 Å². The molecule has 0 aliphatic heterocycles. The lowest BCUT2D eigenvalue weighted by atomic mass is 9.74. The van der Waals surface area contributed by atoms with Crippen LogP contribution < -0.4 is 0 Å².